The second-order valence-electron chi connectivity index (χ2n) is 8.54. The van der Waals surface area contributed by atoms with E-state index in [9.17, 15) is 9.59 Å². The first-order valence-electron chi connectivity index (χ1n) is 11.8. The van der Waals surface area contributed by atoms with Crippen molar-refractivity contribution in [1.82, 2.24) is 14.0 Å². The average Bonchev–Trinajstić information content (AvgIpc) is 3.27. The number of hydrogen-bond donors (Lipinski definition) is 0. The minimum Gasteiger partial charge on any atom is -0.466 e. The molecule has 7 nitrogen and oxygen atoms in total. The van der Waals surface area contributed by atoms with Crippen LogP contribution < -0.4 is 10.5 Å². The Kier molecular flexibility index (Phi) is 7.38. The van der Waals surface area contributed by atoms with Crippen LogP contribution in [0.2, 0.25) is 5.02 Å². The van der Waals surface area contributed by atoms with Crippen LogP contribution in [0.3, 0.4) is 0 Å². The third-order valence-corrected chi connectivity index (χ3v) is 6.44. The van der Waals surface area contributed by atoms with Crippen molar-refractivity contribution in [3.63, 3.8) is 0 Å². The topological polar surface area (TPSA) is 68.8 Å². The summed E-state index contributed by atoms with van der Waals surface area (Å²) in [4.78, 5) is 32.5. The second-order valence-corrected chi connectivity index (χ2v) is 8.98. The van der Waals surface area contributed by atoms with Gasteiger partial charge in [0.25, 0.3) is 5.56 Å². The SMILES string of the molecule is CCCCCn1c(N2CCC[C@H](C(=O)OCC)C2)cc(=O)n2cc(-c3ccc(Cl)cc3)nc12. The number of anilines is 1. The minimum atomic E-state index is -0.182. The van der Waals surface area contributed by atoms with E-state index in [0.29, 0.717) is 24.0 Å². The van der Waals surface area contributed by atoms with E-state index in [1.54, 1.807) is 16.7 Å². The quantitative estimate of drug-likeness (QED) is 0.350. The van der Waals surface area contributed by atoms with E-state index in [0.717, 1.165) is 62.3 Å². The molecule has 1 aliphatic heterocycles. The van der Waals surface area contributed by atoms with Gasteiger partial charge in [-0.3, -0.25) is 18.6 Å². The molecule has 0 N–H and O–H groups in total. The lowest BCUT2D eigenvalue weighted by Gasteiger charge is -2.34. The summed E-state index contributed by atoms with van der Waals surface area (Å²) < 4.78 is 9.02. The molecule has 0 aliphatic carbocycles. The highest BCUT2D eigenvalue weighted by Crippen LogP contribution is 2.27. The molecule has 0 bridgehead atoms. The van der Waals surface area contributed by atoms with Crippen molar-refractivity contribution in [2.75, 3.05) is 24.6 Å². The van der Waals surface area contributed by atoms with Crippen molar-refractivity contribution < 1.29 is 9.53 Å². The van der Waals surface area contributed by atoms with Gasteiger partial charge in [-0.05, 0) is 38.3 Å². The molecule has 1 aliphatic rings. The van der Waals surface area contributed by atoms with Crippen molar-refractivity contribution in [3.05, 3.63) is 51.9 Å². The molecule has 8 heteroatoms. The van der Waals surface area contributed by atoms with Crippen molar-refractivity contribution in [3.8, 4) is 11.3 Å². The number of unbranched alkanes of at least 4 members (excludes halogenated alkanes) is 2. The molecule has 3 heterocycles. The first-order valence-corrected chi connectivity index (χ1v) is 12.2. The van der Waals surface area contributed by atoms with Gasteiger partial charge < -0.3 is 9.64 Å². The molecule has 2 aromatic heterocycles. The number of rotatable bonds is 8. The summed E-state index contributed by atoms with van der Waals surface area (Å²) in [5.41, 5.74) is 1.51. The summed E-state index contributed by atoms with van der Waals surface area (Å²) in [5.74, 6) is 1.11. The fraction of sp³-hybridized carbons (Fsp3) is 0.480. The summed E-state index contributed by atoms with van der Waals surface area (Å²) >= 11 is 6.04. The largest absolute Gasteiger partial charge is 0.466 e. The summed E-state index contributed by atoms with van der Waals surface area (Å²) in [6.07, 6.45) is 6.65. The number of halogens is 1. The Morgan fingerprint density at radius 2 is 2.00 bits per heavy atom. The van der Waals surface area contributed by atoms with E-state index < -0.39 is 0 Å². The molecule has 4 rings (SSSR count). The lowest BCUT2D eigenvalue weighted by molar-refractivity contribution is -0.148. The normalized spacial score (nSPS) is 16.3. The van der Waals surface area contributed by atoms with Gasteiger partial charge in [0.15, 0.2) is 0 Å². The third kappa shape index (κ3) is 5.08. The molecule has 1 fully saturated rings. The predicted molar refractivity (Wildman–Crippen MR) is 131 cm³/mol. The first kappa shape index (κ1) is 23.4. The van der Waals surface area contributed by atoms with Crippen LogP contribution in [0.25, 0.3) is 17.0 Å². The van der Waals surface area contributed by atoms with Crippen molar-refractivity contribution >= 4 is 29.2 Å². The molecule has 1 saturated heterocycles. The maximum Gasteiger partial charge on any atom is 0.310 e. The molecule has 3 aromatic rings. The van der Waals surface area contributed by atoms with Crippen LogP contribution in [0, 0.1) is 5.92 Å². The molecule has 176 valence electrons. The van der Waals surface area contributed by atoms with E-state index >= 15 is 0 Å². The molecular formula is C25H31ClN4O3. The lowest BCUT2D eigenvalue weighted by Crippen LogP contribution is -2.41. The Morgan fingerprint density at radius 3 is 2.73 bits per heavy atom. The Hall–Kier alpha value is -2.80. The standard InChI is InChI=1S/C25H31ClN4O3/c1-3-5-6-14-29-22(28-13-7-8-19(16-28)24(32)33-4-2)15-23(31)30-17-21(27-25(29)30)18-9-11-20(26)12-10-18/h9-12,15,17,19H,3-8,13-14,16H2,1-2H3/t19-/m0/s1. The van der Waals surface area contributed by atoms with Crippen LogP contribution in [0.4, 0.5) is 5.82 Å². The van der Waals surface area contributed by atoms with E-state index in [1.807, 2.05) is 31.2 Å². The highest BCUT2D eigenvalue weighted by molar-refractivity contribution is 6.30. The Labute approximate surface area is 198 Å². The summed E-state index contributed by atoms with van der Waals surface area (Å²) in [5, 5.41) is 0.658. The van der Waals surface area contributed by atoms with Gasteiger partial charge in [-0.1, -0.05) is 43.5 Å². The highest BCUT2D eigenvalue weighted by atomic mass is 35.5. The van der Waals surface area contributed by atoms with Crippen LogP contribution >= 0.6 is 11.6 Å². The fourth-order valence-electron chi connectivity index (χ4n) is 4.48. The molecule has 33 heavy (non-hydrogen) atoms. The predicted octanol–water partition coefficient (Wildman–Crippen LogP) is 4.79. The fourth-order valence-corrected chi connectivity index (χ4v) is 4.60. The maximum absolute atomic E-state index is 13.1. The molecule has 0 amide bonds. The van der Waals surface area contributed by atoms with Crippen LogP contribution in [0.5, 0.6) is 0 Å². The van der Waals surface area contributed by atoms with Crippen LogP contribution in [0.1, 0.15) is 46.0 Å². The second kappa shape index (κ2) is 10.4. The zero-order valence-corrected chi connectivity index (χ0v) is 20.1. The average molecular weight is 471 g/mol. The van der Waals surface area contributed by atoms with Crippen LogP contribution in [0.15, 0.2) is 41.3 Å². The molecule has 0 unspecified atom stereocenters. The van der Waals surface area contributed by atoms with Gasteiger partial charge in [0.2, 0.25) is 5.78 Å². The number of carbonyl (C=O) groups is 1. The Balaban J connectivity index is 1.76. The van der Waals surface area contributed by atoms with Crippen LogP contribution in [-0.2, 0) is 16.1 Å². The number of aryl methyl sites for hydroxylation is 1. The number of aromatic nitrogens is 3. The van der Waals surface area contributed by atoms with Gasteiger partial charge in [-0.15, -0.1) is 0 Å². The van der Waals surface area contributed by atoms with Gasteiger partial charge in [-0.25, -0.2) is 4.98 Å². The number of nitrogens with zero attached hydrogens (tertiary/aromatic N) is 4. The molecule has 1 atom stereocenters. The number of carbonyl (C=O) groups excluding carboxylic acids is 1. The van der Waals surface area contributed by atoms with E-state index in [2.05, 4.69) is 16.4 Å². The first-order chi connectivity index (χ1) is 16.0. The Morgan fingerprint density at radius 1 is 1.21 bits per heavy atom. The number of fused-ring (bicyclic) bond motifs is 1. The zero-order valence-electron chi connectivity index (χ0n) is 19.3. The van der Waals surface area contributed by atoms with E-state index in [4.69, 9.17) is 21.3 Å². The third-order valence-electron chi connectivity index (χ3n) is 6.19. The van der Waals surface area contributed by atoms with Gasteiger partial charge in [-0.2, -0.15) is 0 Å². The van der Waals surface area contributed by atoms with Crippen LogP contribution in [-0.4, -0.2) is 39.6 Å². The van der Waals surface area contributed by atoms with Gasteiger partial charge in [0.05, 0.1) is 18.2 Å². The summed E-state index contributed by atoms with van der Waals surface area (Å²) in [6, 6.07) is 9.14. The molecule has 0 spiro atoms. The molecule has 1 aromatic carbocycles. The number of piperidine rings is 1. The van der Waals surface area contributed by atoms with Gasteiger partial charge >= 0.3 is 5.97 Å². The Bertz CT molecular complexity index is 1170. The monoisotopic (exact) mass is 470 g/mol. The zero-order chi connectivity index (χ0) is 23.4. The molecule has 0 radical (unpaired) electrons. The van der Waals surface area contributed by atoms with Crippen molar-refractivity contribution in [2.45, 2.75) is 52.5 Å². The smallest absolute Gasteiger partial charge is 0.310 e. The summed E-state index contributed by atoms with van der Waals surface area (Å²) in [6.45, 7) is 6.48. The van der Waals surface area contributed by atoms with E-state index in [1.165, 1.54) is 0 Å². The molecular weight excluding hydrogens is 440 g/mol. The van der Waals surface area contributed by atoms with Gasteiger partial charge in [0, 0.05) is 42.5 Å². The molecule has 0 saturated carbocycles. The number of hydrogen-bond acceptors (Lipinski definition) is 5. The van der Waals surface area contributed by atoms with Crippen molar-refractivity contribution in [2.24, 2.45) is 5.92 Å². The lowest BCUT2D eigenvalue weighted by atomic mass is 9.98. The van der Waals surface area contributed by atoms with Crippen molar-refractivity contribution in [1.29, 1.82) is 0 Å². The minimum absolute atomic E-state index is 0.127. The van der Waals surface area contributed by atoms with E-state index in [-0.39, 0.29) is 17.4 Å². The number of imidazole rings is 1. The number of benzene rings is 1. The van der Waals surface area contributed by atoms with Gasteiger partial charge in [0.1, 0.15) is 5.82 Å². The maximum atomic E-state index is 13.1. The highest BCUT2D eigenvalue weighted by Gasteiger charge is 2.29. The number of ether oxygens (including phenoxy) is 1. The summed E-state index contributed by atoms with van der Waals surface area (Å²) in [7, 11) is 0. The number of esters is 1.